The number of nitrogens with one attached hydrogen (secondary N) is 1. The average molecular weight is 358 g/mol. The van der Waals surface area contributed by atoms with E-state index in [9.17, 15) is 4.79 Å². The zero-order valence-corrected chi connectivity index (χ0v) is 15.5. The van der Waals surface area contributed by atoms with Crippen LogP contribution in [0.1, 0.15) is 27.0 Å². The molecule has 1 unspecified atom stereocenters. The molecule has 4 rings (SSSR count). The highest BCUT2D eigenvalue weighted by Crippen LogP contribution is 2.38. The summed E-state index contributed by atoms with van der Waals surface area (Å²) in [5.41, 5.74) is 6.32. The quantitative estimate of drug-likeness (QED) is 0.764. The lowest BCUT2D eigenvalue weighted by Gasteiger charge is -2.14. The average Bonchev–Trinajstić information content (AvgIpc) is 3.12. The van der Waals surface area contributed by atoms with Crippen LogP contribution in [-0.4, -0.2) is 23.5 Å². The molecule has 0 aliphatic carbocycles. The van der Waals surface area contributed by atoms with Crippen LogP contribution >= 0.6 is 0 Å². The molecule has 1 amide bonds. The van der Waals surface area contributed by atoms with Crippen LogP contribution in [0.2, 0.25) is 0 Å². The molecule has 0 fully saturated rings. The summed E-state index contributed by atoms with van der Waals surface area (Å²) in [6.45, 7) is 4.54. The van der Waals surface area contributed by atoms with Crippen molar-refractivity contribution in [1.29, 1.82) is 0 Å². The molecule has 0 radical (unpaired) electrons. The zero-order chi connectivity index (χ0) is 18.8. The van der Waals surface area contributed by atoms with Gasteiger partial charge in [0.2, 0.25) is 0 Å². The number of para-hydroxylation sites is 1. The van der Waals surface area contributed by atoms with Gasteiger partial charge in [-0.15, -0.1) is 0 Å². The van der Waals surface area contributed by atoms with Gasteiger partial charge in [0.25, 0.3) is 5.91 Å². The molecule has 136 valence electrons. The first-order valence-corrected chi connectivity index (χ1v) is 9.16. The first-order chi connectivity index (χ1) is 13.1. The van der Waals surface area contributed by atoms with Crippen LogP contribution in [0.15, 0.2) is 60.9 Å². The summed E-state index contributed by atoms with van der Waals surface area (Å²) in [6.07, 6.45) is 4.30. The zero-order valence-electron chi connectivity index (χ0n) is 15.5. The minimum absolute atomic E-state index is 0.0570. The number of carbonyl (C=O) groups is 1. The van der Waals surface area contributed by atoms with E-state index in [-0.39, 0.29) is 12.0 Å². The number of rotatable bonds is 4. The number of fused-ring (bicyclic) bond motifs is 1. The Hall–Kier alpha value is -3.14. The first kappa shape index (κ1) is 17.3. The molecule has 1 N–H and O–H groups in total. The number of pyridine rings is 1. The van der Waals surface area contributed by atoms with E-state index < -0.39 is 0 Å². The van der Waals surface area contributed by atoms with Gasteiger partial charge in [-0.1, -0.05) is 24.3 Å². The van der Waals surface area contributed by atoms with Gasteiger partial charge in [-0.3, -0.25) is 9.78 Å². The van der Waals surface area contributed by atoms with E-state index in [4.69, 9.17) is 4.74 Å². The summed E-state index contributed by atoms with van der Waals surface area (Å²) in [4.78, 5) is 16.5. The van der Waals surface area contributed by atoms with E-state index >= 15 is 0 Å². The van der Waals surface area contributed by atoms with E-state index in [0.717, 1.165) is 28.9 Å². The predicted octanol–water partition coefficient (Wildman–Crippen LogP) is 4.10. The van der Waals surface area contributed by atoms with Crippen molar-refractivity contribution < 1.29 is 9.53 Å². The van der Waals surface area contributed by atoms with Crippen molar-refractivity contribution in [2.45, 2.75) is 26.4 Å². The molecule has 4 nitrogen and oxygen atoms in total. The van der Waals surface area contributed by atoms with Crippen LogP contribution in [0.25, 0.3) is 11.1 Å². The third-order valence-corrected chi connectivity index (χ3v) is 5.08. The smallest absolute Gasteiger partial charge is 0.251 e. The van der Waals surface area contributed by atoms with Crippen molar-refractivity contribution in [3.63, 3.8) is 0 Å². The van der Waals surface area contributed by atoms with Crippen LogP contribution < -0.4 is 10.1 Å². The fourth-order valence-electron chi connectivity index (χ4n) is 3.40. The second kappa shape index (κ2) is 7.23. The molecule has 0 saturated carbocycles. The topological polar surface area (TPSA) is 51.2 Å². The molecule has 3 aromatic rings. The van der Waals surface area contributed by atoms with E-state index in [2.05, 4.69) is 22.4 Å². The van der Waals surface area contributed by atoms with Gasteiger partial charge >= 0.3 is 0 Å². The molecule has 1 aromatic heterocycles. The summed E-state index contributed by atoms with van der Waals surface area (Å²) < 4.78 is 6.19. The lowest BCUT2D eigenvalue weighted by molar-refractivity contribution is 0.0933. The number of hydrogen-bond acceptors (Lipinski definition) is 3. The second-order valence-electron chi connectivity index (χ2n) is 6.98. The SMILES string of the molecule is Cc1ccc(C(=O)NCC2Cc3cccc(-c4ccncc4)c3O2)cc1C. The largest absolute Gasteiger partial charge is 0.487 e. The lowest BCUT2D eigenvalue weighted by Crippen LogP contribution is -2.34. The van der Waals surface area contributed by atoms with Crippen LogP contribution in [0, 0.1) is 13.8 Å². The van der Waals surface area contributed by atoms with Crippen LogP contribution in [-0.2, 0) is 6.42 Å². The fraction of sp³-hybridized carbons (Fsp3) is 0.217. The summed E-state index contributed by atoms with van der Waals surface area (Å²) in [7, 11) is 0. The van der Waals surface area contributed by atoms with Crippen molar-refractivity contribution >= 4 is 5.91 Å². The Morgan fingerprint density at radius 1 is 1.11 bits per heavy atom. The Bertz CT molecular complexity index is 983. The molecule has 0 bridgehead atoms. The van der Waals surface area contributed by atoms with Crippen LogP contribution in [0.5, 0.6) is 5.75 Å². The maximum absolute atomic E-state index is 12.5. The molecule has 4 heteroatoms. The van der Waals surface area contributed by atoms with Gasteiger partial charge in [0, 0.05) is 29.9 Å². The molecule has 1 aliphatic rings. The molecule has 0 spiro atoms. The second-order valence-corrected chi connectivity index (χ2v) is 6.98. The predicted molar refractivity (Wildman–Crippen MR) is 106 cm³/mol. The Morgan fingerprint density at radius 2 is 1.93 bits per heavy atom. The van der Waals surface area contributed by atoms with E-state index in [1.807, 2.05) is 50.2 Å². The Morgan fingerprint density at radius 3 is 2.70 bits per heavy atom. The van der Waals surface area contributed by atoms with Crippen molar-refractivity contribution in [2.75, 3.05) is 6.54 Å². The minimum atomic E-state index is -0.0630. The standard InChI is InChI=1S/C23H22N2O2/c1-15-6-7-19(12-16(15)2)23(26)25-14-20-13-18-4-3-5-21(22(18)27-20)17-8-10-24-11-9-17/h3-12,20H,13-14H2,1-2H3,(H,25,26). The van der Waals surface area contributed by atoms with Crippen LogP contribution in [0.3, 0.4) is 0 Å². The molecule has 27 heavy (non-hydrogen) atoms. The number of nitrogens with zero attached hydrogens (tertiary/aromatic N) is 1. The Kier molecular flexibility index (Phi) is 4.63. The van der Waals surface area contributed by atoms with E-state index in [1.165, 1.54) is 11.1 Å². The number of carbonyl (C=O) groups excluding carboxylic acids is 1. The number of aryl methyl sites for hydroxylation is 2. The van der Waals surface area contributed by atoms with E-state index in [0.29, 0.717) is 12.1 Å². The maximum Gasteiger partial charge on any atom is 0.251 e. The normalized spacial score (nSPS) is 15.1. The molecular weight excluding hydrogens is 336 g/mol. The number of benzene rings is 2. The number of hydrogen-bond donors (Lipinski definition) is 1. The molecule has 1 aliphatic heterocycles. The number of ether oxygens (including phenoxy) is 1. The number of aromatic nitrogens is 1. The highest BCUT2D eigenvalue weighted by molar-refractivity contribution is 5.94. The molecular formula is C23H22N2O2. The number of amides is 1. The molecule has 1 atom stereocenters. The molecule has 2 heterocycles. The van der Waals surface area contributed by atoms with Gasteiger partial charge in [0.1, 0.15) is 11.9 Å². The van der Waals surface area contributed by atoms with Gasteiger partial charge in [-0.25, -0.2) is 0 Å². The van der Waals surface area contributed by atoms with Gasteiger partial charge in [0.05, 0.1) is 6.54 Å². The third kappa shape index (κ3) is 3.56. The van der Waals surface area contributed by atoms with Crippen molar-refractivity contribution in [3.05, 3.63) is 83.2 Å². The summed E-state index contributed by atoms with van der Waals surface area (Å²) in [5, 5.41) is 3.01. The summed E-state index contributed by atoms with van der Waals surface area (Å²) in [6, 6.07) is 15.9. The molecule has 2 aromatic carbocycles. The fourth-order valence-corrected chi connectivity index (χ4v) is 3.40. The first-order valence-electron chi connectivity index (χ1n) is 9.16. The summed E-state index contributed by atoms with van der Waals surface area (Å²) in [5.74, 6) is 0.848. The highest BCUT2D eigenvalue weighted by atomic mass is 16.5. The van der Waals surface area contributed by atoms with Gasteiger partial charge in [-0.05, 0) is 60.4 Å². The van der Waals surface area contributed by atoms with Gasteiger partial charge < -0.3 is 10.1 Å². The van der Waals surface area contributed by atoms with Crippen molar-refractivity contribution in [1.82, 2.24) is 10.3 Å². The monoisotopic (exact) mass is 358 g/mol. The van der Waals surface area contributed by atoms with Crippen LogP contribution in [0.4, 0.5) is 0 Å². The van der Waals surface area contributed by atoms with Gasteiger partial charge in [-0.2, -0.15) is 0 Å². The van der Waals surface area contributed by atoms with E-state index in [1.54, 1.807) is 12.4 Å². The maximum atomic E-state index is 12.5. The van der Waals surface area contributed by atoms with Gasteiger partial charge in [0.15, 0.2) is 0 Å². The summed E-state index contributed by atoms with van der Waals surface area (Å²) >= 11 is 0. The van der Waals surface area contributed by atoms with Crippen molar-refractivity contribution in [2.24, 2.45) is 0 Å². The Labute approximate surface area is 159 Å². The third-order valence-electron chi connectivity index (χ3n) is 5.08. The highest BCUT2D eigenvalue weighted by Gasteiger charge is 2.26. The Balaban J connectivity index is 1.45. The minimum Gasteiger partial charge on any atom is -0.487 e. The lowest BCUT2D eigenvalue weighted by atomic mass is 10.0. The van der Waals surface area contributed by atoms with Crippen molar-refractivity contribution in [3.8, 4) is 16.9 Å². The molecule has 0 saturated heterocycles.